The largest absolute Gasteiger partial charge is 1.00 e. The number of hydrogen-bond donors (Lipinski definition) is 5. The van der Waals surface area contributed by atoms with E-state index in [1.165, 1.54) is 36.0 Å². The van der Waals surface area contributed by atoms with Gasteiger partial charge in [-0.3, -0.25) is 24.8 Å². The summed E-state index contributed by atoms with van der Waals surface area (Å²) in [7, 11) is -14.1. The smallest absolute Gasteiger partial charge is 0.756 e. The van der Waals surface area contributed by atoms with Crippen LogP contribution in [0.25, 0.3) is 0 Å². The number of phosphoric ester groups is 1. The normalized spacial score (nSPS) is 34.0. The van der Waals surface area contributed by atoms with Gasteiger partial charge in [-0.05, 0) is 69.5 Å². The van der Waals surface area contributed by atoms with E-state index in [9.17, 15) is 50.1 Å². The number of carbonyl (C=O) groups excluding carboxylic acids is 2. The van der Waals surface area contributed by atoms with Crippen molar-refractivity contribution in [3.8, 4) is 0 Å². The van der Waals surface area contributed by atoms with Gasteiger partial charge in [0.1, 0.15) is 69.0 Å². The average molecular weight is 1070 g/mol. The maximum Gasteiger partial charge on any atom is 1.00 e. The van der Waals surface area contributed by atoms with Crippen LogP contribution in [0.5, 0.6) is 0 Å². The van der Waals surface area contributed by atoms with Crippen molar-refractivity contribution in [2.24, 2.45) is 22.1 Å². The molecule has 8 rings (SSSR count). The van der Waals surface area contributed by atoms with Gasteiger partial charge in [-0.1, -0.05) is 32.1 Å². The van der Waals surface area contributed by atoms with Crippen LogP contribution in [0.4, 0.5) is 5.69 Å². The Hall–Kier alpha value is -1.82. The third-order valence-corrected chi connectivity index (χ3v) is 17.6. The Bertz CT molecular complexity index is 2730. The van der Waals surface area contributed by atoms with Crippen LogP contribution in [0.3, 0.4) is 0 Å². The molecule has 0 spiro atoms. The Morgan fingerprint density at radius 3 is 2.57 bits per heavy atom. The first kappa shape index (κ1) is 57.5. The van der Waals surface area contributed by atoms with Crippen LogP contribution < -0.4 is 90.6 Å². The number of guanidine groups is 1. The van der Waals surface area contributed by atoms with Crippen molar-refractivity contribution in [1.82, 2.24) is 20.9 Å². The van der Waals surface area contributed by atoms with Crippen molar-refractivity contribution in [2.45, 2.75) is 112 Å². The summed E-state index contributed by atoms with van der Waals surface area (Å²) in [6.45, 7) is 10.8. The minimum atomic E-state index is -4.78. The summed E-state index contributed by atoms with van der Waals surface area (Å²) in [5, 5.41) is 19.8. The number of benzene rings is 1. The molecule has 3 fully saturated rings. The van der Waals surface area contributed by atoms with E-state index in [1.54, 1.807) is 17.0 Å². The standard InChI is InChI=1S/C42H57N8O14PS3.2Na/c1-6-48-27-16-14-23(67(56,57)58)20-26(27)42(5,31(48)11-8-10-30-41(3,4)25-15-13-24(68(59,60)61)21-28(25)49(30)7-2)17-9-12-32(51)44-18-19-66-40-45-33-36(46-39(43)47-37(33)53)50(40)38-34(52)35-29(63-38)22-62-65(54,55)64-35;;/h8,10-11,13-16,20-21,26-27,29,33-36,38,40,45,52H,6-7,9,12,17-19,22H2,1-5H3,(H6-,43,44,46,47,51,53,54,55,56,57,58,59,60,61);;/q;2*+1/p-2/t26?,27?,29?,33?,34-,35?,36?,38?,40?,42?;;/m0../s1. The number of amides is 2. The number of anilines is 1. The number of fused-ring (bicyclic) bond motifs is 4. The third-order valence-electron chi connectivity index (χ3n) is 13.8. The van der Waals surface area contributed by atoms with Gasteiger partial charge in [0.05, 0.1) is 27.7 Å². The average Bonchev–Trinajstić information content (AvgIpc) is 3.92. The second kappa shape index (κ2) is 21.8. The Labute approximate surface area is 455 Å². The van der Waals surface area contributed by atoms with E-state index in [-0.39, 0.29) is 106 Å². The molecule has 2 amide bonds. The van der Waals surface area contributed by atoms with Crippen LogP contribution in [0.1, 0.15) is 59.4 Å². The van der Waals surface area contributed by atoms with Crippen LogP contribution in [-0.4, -0.2) is 144 Å². The Morgan fingerprint density at radius 1 is 1.17 bits per heavy atom. The third kappa shape index (κ3) is 11.1. The molecule has 0 radical (unpaired) electrons. The maximum absolute atomic E-state index is 13.4. The number of allylic oxidation sites excluding steroid dienone is 5. The van der Waals surface area contributed by atoms with E-state index in [2.05, 4.69) is 25.5 Å². The number of aliphatic imine (C=N–C) groups is 1. The molecule has 28 heteroatoms. The second-order valence-corrected chi connectivity index (χ2v) is 23.5. The van der Waals surface area contributed by atoms with Crippen molar-refractivity contribution in [2.75, 3.05) is 36.9 Å². The molecule has 1 aromatic carbocycles. The minimum absolute atomic E-state index is 0. The molecule has 3 saturated heterocycles. The number of thioether (sulfide) groups is 1. The molecule has 1 aromatic rings. The number of phosphoric acid groups is 1. The number of carbonyl (C=O) groups is 2. The van der Waals surface area contributed by atoms with Gasteiger partial charge in [-0.2, -0.15) is 0 Å². The van der Waals surface area contributed by atoms with Gasteiger partial charge in [0.15, 0.2) is 17.7 Å². The molecule has 6 heterocycles. The van der Waals surface area contributed by atoms with Crippen molar-refractivity contribution in [1.29, 1.82) is 0 Å². The number of aliphatic hydroxyl groups excluding tert-OH is 1. The van der Waals surface area contributed by atoms with E-state index >= 15 is 0 Å². The van der Waals surface area contributed by atoms with E-state index in [4.69, 9.17) is 19.5 Å². The van der Waals surface area contributed by atoms with Gasteiger partial charge in [0.2, 0.25) is 11.8 Å². The summed E-state index contributed by atoms with van der Waals surface area (Å²) in [6, 6.07) is 3.22. The van der Waals surface area contributed by atoms with Crippen LogP contribution in [0.15, 0.2) is 75.1 Å². The Morgan fingerprint density at radius 2 is 1.90 bits per heavy atom. The van der Waals surface area contributed by atoms with Crippen molar-refractivity contribution < 1.29 is 128 Å². The molecule has 10 unspecified atom stereocenters. The Kier molecular flexibility index (Phi) is 17.9. The molecule has 372 valence electrons. The maximum atomic E-state index is 13.4. The van der Waals surface area contributed by atoms with Gasteiger partial charge in [-0.15, -0.1) is 11.8 Å². The molecular weight excluding hydrogens is 1010 g/mol. The van der Waals surface area contributed by atoms with E-state index in [1.807, 2.05) is 57.7 Å². The summed E-state index contributed by atoms with van der Waals surface area (Å²) in [4.78, 5) is 45.7. The van der Waals surface area contributed by atoms with Crippen LogP contribution in [-0.2, 0) is 53.6 Å². The molecule has 6 aliphatic heterocycles. The monoisotopic (exact) mass is 1070 g/mol. The zero-order chi connectivity index (χ0) is 49.3. The van der Waals surface area contributed by atoms with Crippen LogP contribution >= 0.6 is 19.6 Å². The van der Waals surface area contributed by atoms with Gasteiger partial charge in [-0.25, -0.2) is 31.3 Å². The summed E-state index contributed by atoms with van der Waals surface area (Å²) in [5.41, 5.74) is 7.09. The predicted molar refractivity (Wildman–Crippen MR) is 244 cm³/mol. The predicted octanol–water partition coefficient (Wildman–Crippen LogP) is -6.05. The van der Waals surface area contributed by atoms with Crippen molar-refractivity contribution in [3.63, 3.8) is 0 Å². The van der Waals surface area contributed by atoms with Gasteiger partial charge in [0, 0.05) is 48.1 Å². The molecule has 6 N–H and O–H groups in total. The number of aliphatic hydroxyl groups is 1. The second-order valence-electron chi connectivity index (χ2n) is 18.2. The first-order chi connectivity index (χ1) is 31.9. The molecule has 22 nitrogen and oxygen atoms in total. The topological polar surface area (TPSA) is 321 Å². The fraction of sp³-hybridized carbons (Fsp3) is 0.571. The molecular formula is C42H55N8Na2O14PS3. The SMILES string of the molecule is CCN1C(=CC=CC2=[N+](CC)C3C=CC(S(=O)(=O)[O-])=CC3C2(C)CCCC(=O)NCCSC2NC3C(=O)NC(N)=NC3N2C2OC3COP(=O)([O-])OC3[C@@H]2O)C(C)(C)c2ccc(S(=O)(=O)[O-])cc21.[Na+].[Na+]. The molecule has 1 aliphatic carbocycles. The number of nitrogens with zero attached hydrogens (tertiary/aromatic N) is 4. The molecule has 0 saturated carbocycles. The zero-order valence-corrected chi connectivity index (χ0v) is 47.2. The number of ether oxygens (including phenoxy) is 1. The minimum Gasteiger partial charge on any atom is -0.756 e. The molecule has 11 atom stereocenters. The van der Waals surface area contributed by atoms with Gasteiger partial charge in [0.25, 0.3) is 7.82 Å². The van der Waals surface area contributed by atoms with Crippen LogP contribution in [0.2, 0.25) is 0 Å². The fourth-order valence-electron chi connectivity index (χ4n) is 10.6. The number of nitrogens with one attached hydrogen (secondary N) is 3. The fourth-order valence-corrected chi connectivity index (χ4v) is 13.7. The number of hydrogen-bond acceptors (Lipinski definition) is 20. The van der Waals surface area contributed by atoms with Crippen LogP contribution in [0, 0.1) is 11.3 Å². The number of nitrogens with two attached hydrogens (primary N) is 1. The number of likely N-dealkylation sites (N-methyl/N-ethyl adjacent to an activating group) is 2. The van der Waals surface area contributed by atoms with Crippen molar-refractivity contribution in [3.05, 3.63) is 70.8 Å². The summed E-state index contributed by atoms with van der Waals surface area (Å²) in [5.74, 6) is -0.992. The molecule has 0 bridgehead atoms. The molecule has 7 aliphatic rings. The summed E-state index contributed by atoms with van der Waals surface area (Å²) >= 11 is 1.28. The van der Waals surface area contributed by atoms with Gasteiger partial charge >= 0.3 is 59.1 Å². The van der Waals surface area contributed by atoms with E-state index < -0.39 is 93.0 Å². The first-order valence-electron chi connectivity index (χ1n) is 22.2. The van der Waals surface area contributed by atoms with Crippen molar-refractivity contribution >= 4 is 69.0 Å². The quantitative estimate of drug-likeness (QED) is 0.0359. The molecule has 70 heavy (non-hydrogen) atoms. The summed E-state index contributed by atoms with van der Waals surface area (Å²) in [6.07, 6.45) is 5.60. The van der Waals surface area contributed by atoms with E-state index in [0.717, 1.165) is 17.0 Å². The Balaban J connectivity index is 0.00000402. The molecule has 0 aromatic heterocycles. The zero-order valence-electron chi connectivity index (χ0n) is 39.8. The summed E-state index contributed by atoms with van der Waals surface area (Å²) < 4.78 is 103. The number of rotatable bonds is 15. The first-order valence-corrected chi connectivity index (χ1v) is 27.5. The van der Waals surface area contributed by atoms with Gasteiger partial charge < -0.3 is 48.8 Å². The van der Waals surface area contributed by atoms with E-state index in [0.29, 0.717) is 37.4 Å².